The van der Waals surface area contributed by atoms with E-state index in [-0.39, 0.29) is 0 Å². The average molecular weight is 251 g/mol. The molecule has 18 heavy (non-hydrogen) atoms. The maximum Gasteiger partial charge on any atom is 0.323 e. The van der Waals surface area contributed by atoms with Crippen molar-refractivity contribution in [3.8, 4) is 0 Å². The number of carboxylic acid groups (broad SMARTS) is 1. The van der Waals surface area contributed by atoms with E-state index in [0.29, 0.717) is 6.54 Å². The van der Waals surface area contributed by atoms with E-state index in [4.69, 9.17) is 0 Å². The monoisotopic (exact) mass is 251 g/mol. The number of carboxylic acids is 1. The molecular formula is C13H21N3O2. The molecule has 0 bridgehead atoms. The molecule has 1 aromatic heterocycles. The van der Waals surface area contributed by atoms with Crippen molar-refractivity contribution in [2.75, 3.05) is 6.54 Å². The first-order valence-electron chi connectivity index (χ1n) is 6.41. The molecule has 2 rings (SSSR count). The Balaban J connectivity index is 2.20. The second-order valence-electron chi connectivity index (χ2n) is 5.34. The Hall–Kier alpha value is -1.36. The lowest BCUT2D eigenvalue weighted by molar-refractivity contribution is -0.153. The molecule has 1 fully saturated rings. The van der Waals surface area contributed by atoms with Gasteiger partial charge in [-0.05, 0) is 39.7 Å². The minimum Gasteiger partial charge on any atom is -0.480 e. The number of nitrogens with zero attached hydrogens (tertiary/aromatic N) is 3. The zero-order valence-corrected chi connectivity index (χ0v) is 11.3. The average Bonchev–Trinajstić information content (AvgIpc) is 2.64. The van der Waals surface area contributed by atoms with Gasteiger partial charge in [0, 0.05) is 24.8 Å². The molecule has 1 aliphatic heterocycles. The summed E-state index contributed by atoms with van der Waals surface area (Å²) in [5.41, 5.74) is 1.49. The van der Waals surface area contributed by atoms with Gasteiger partial charge >= 0.3 is 5.97 Å². The second-order valence-corrected chi connectivity index (χ2v) is 5.34. The van der Waals surface area contributed by atoms with E-state index in [0.717, 1.165) is 37.1 Å². The number of hydrogen-bond acceptors (Lipinski definition) is 3. The number of piperidine rings is 1. The molecule has 0 radical (unpaired) electrons. The molecule has 0 amide bonds. The first-order chi connectivity index (χ1) is 8.45. The normalized spacial score (nSPS) is 25.3. The van der Waals surface area contributed by atoms with Crippen molar-refractivity contribution in [1.29, 1.82) is 0 Å². The topological polar surface area (TPSA) is 58.4 Å². The maximum atomic E-state index is 11.5. The highest BCUT2D eigenvalue weighted by molar-refractivity contribution is 5.78. The first-order valence-corrected chi connectivity index (χ1v) is 6.41. The van der Waals surface area contributed by atoms with Crippen LogP contribution in [0.15, 0.2) is 6.20 Å². The lowest BCUT2D eigenvalue weighted by Gasteiger charge is -2.41. The minimum atomic E-state index is -0.736. The number of hydrogen-bond donors (Lipinski definition) is 1. The van der Waals surface area contributed by atoms with Gasteiger partial charge in [-0.1, -0.05) is 0 Å². The number of carbonyl (C=O) groups is 1. The molecule has 1 aliphatic rings. The van der Waals surface area contributed by atoms with E-state index in [1.54, 1.807) is 0 Å². The maximum absolute atomic E-state index is 11.5. The summed E-state index contributed by atoms with van der Waals surface area (Å²) in [5.74, 6) is -0.719. The van der Waals surface area contributed by atoms with Gasteiger partial charge in [-0.3, -0.25) is 14.4 Å². The molecule has 2 heterocycles. The van der Waals surface area contributed by atoms with Gasteiger partial charge in [0.25, 0.3) is 0 Å². The fourth-order valence-electron chi connectivity index (χ4n) is 2.58. The van der Waals surface area contributed by atoms with Crippen molar-refractivity contribution >= 4 is 5.97 Å². The van der Waals surface area contributed by atoms with Crippen LogP contribution in [0.2, 0.25) is 0 Å². The fraction of sp³-hybridized carbons (Fsp3) is 0.692. The van der Waals surface area contributed by atoms with Crippen LogP contribution in [-0.4, -0.2) is 37.8 Å². The van der Waals surface area contributed by atoms with Crippen LogP contribution >= 0.6 is 0 Å². The van der Waals surface area contributed by atoms with Crippen LogP contribution in [0.3, 0.4) is 0 Å². The second kappa shape index (κ2) is 4.72. The van der Waals surface area contributed by atoms with Gasteiger partial charge in [0.15, 0.2) is 0 Å². The highest BCUT2D eigenvalue weighted by Gasteiger charge is 2.41. The van der Waals surface area contributed by atoms with Crippen LogP contribution in [0.4, 0.5) is 0 Å². The van der Waals surface area contributed by atoms with Crippen molar-refractivity contribution in [2.45, 2.75) is 45.2 Å². The van der Waals surface area contributed by atoms with E-state index >= 15 is 0 Å². The van der Waals surface area contributed by atoms with Crippen LogP contribution < -0.4 is 0 Å². The molecule has 5 heteroatoms. The van der Waals surface area contributed by atoms with Gasteiger partial charge in [0.05, 0.1) is 6.20 Å². The van der Waals surface area contributed by atoms with Crippen LogP contribution in [0, 0.1) is 6.92 Å². The van der Waals surface area contributed by atoms with E-state index in [1.165, 1.54) is 0 Å². The summed E-state index contributed by atoms with van der Waals surface area (Å²) in [6.07, 6.45) is 4.63. The highest BCUT2D eigenvalue weighted by Crippen LogP contribution is 2.30. The Morgan fingerprint density at radius 3 is 2.83 bits per heavy atom. The summed E-state index contributed by atoms with van der Waals surface area (Å²) < 4.78 is 1.83. The van der Waals surface area contributed by atoms with Crippen molar-refractivity contribution < 1.29 is 9.90 Å². The number of aromatic nitrogens is 2. The van der Waals surface area contributed by atoms with Crippen molar-refractivity contribution in [3.63, 3.8) is 0 Å². The largest absolute Gasteiger partial charge is 0.480 e. The van der Waals surface area contributed by atoms with Gasteiger partial charge in [0.1, 0.15) is 5.54 Å². The zero-order chi connectivity index (χ0) is 13.3. The smallest absolute Gasteiger partial charge is 0.323 e. The molecule has 0 saturated carbocycles. The van der Waals surface area contributed by atoms with Gasteiger partial charge in [0.2, 0.25) is 0 Å². The predicted octanol–water partition coefficient (Wildman–Crippen LogP) is 1.56. The van der Waals surface area contributed by atoms with Gasteiger partial charge in [-0.2, -0.15) is 5.10 Å². The van der Waals surface area contributed by atoms with E-state index < -0.39 is 11.5 Å². The Morgan fingerprint density at radius 1 is 1.56 bits per heavy atom. The van der Waals surface area contributed by atoms with E-state index in [2.05, 4.69) is 10.00 Å². The molecule has 1 atom stereocenters. The molecule has 1 N–H and O–H groups in total. The lowest BCUT2D eigenvalue weighted by Crippen LogP contribution is -2.54. The summed E-state index contributed by atoms with van der Waals surface area (Å²) in [6.45, 7) is 5.37. The van der Waals surface area contributed by atoms with Crippen molar-refractivity contribution in [2.24, 2.45) is 7.05 Å². The molecule has 0 spiro atoms. The quantitative estimate of drug-likeness (QED) is 0.885. The van der Waals surface area contributed by atoms with Gasteiger partial charge in [-0.15, -0.1) is 0 Å². The molecule has 1 unspecified atom stereocenters. The molecule has 5 nitrogen and oxygen atoms in total. The molecule has 0 aliphatic carbocycles. The van der Waals surface area contributed by atoms with Crippen LogP contribution in [0.25, 0.3) is 0 Å². The summed E-state index contributed by atoms with van der Waals surface area (Å²) in [5, 5.41) is 13.7. The Kier molecular flexibility index (Phi) is 3.43. The summed E-state index contributed by atoms with van der Waals surface area (Å²) >= 11 is 0. The van der Waals surface area contributed by atoms with Gasteiger partial charge < -0.3 is 5.11 Å². The molecule has 100 valence electrons. The first kappa shape index (κ1) is 13.1. The molecule has 1 aromatic rings. The fourth-order valence-corrected chi connectivity index (χ4v) is 2.58. The lowest BCUT2D eigenvalue weighted by atomic mass is 9.88. The van der Waals surface area contributed by atoms with Crippen LogP contribution in [0.5, 0.6) is 0 Å². The SMILES string of the molecule is Cc1c(CN2CCCCC2(C)C(=O)O)cnn1C. The van der Waals surface area contributed by atoms with Crippen LogP contribution in [-0.2, 0) is 18.4 Å². The van der Waals surface area contributed by atoms with Crippen molar-refractivity contribution in [1.82, 2.24) is 14.7 Å². The number of rotatable bonds is 3. The Morgan fingerprint density at radius 2 is 2.28 bits per heavy atom. The Labute approximate surface area is 107 Å². The summed E-state index contributed by atoms with van der Waals surface area (Å²) in [6, 6.07) is 0. The molecular weight excluding hydrogens is 230 g/mol. The third-order valence-electron chi connectivity index (χ3n) is 4.20. The van der Waals surface area contributed by atoms with Crippen molar-refractivity contribution in [3.05, 3.63) is 17.5 Å². The minimum absolute atomic E-state index is 0.669. The number of aliphatic carboxylic acids is 1. The standard InChI is InChI=1S/C13H21N3O2/c1-10-11(8-14-15(10)3)9-16-7-5-4-6-13(16,2)12(17)18/h8H,4-7,9H2,1-3H3,(H,17,18). The summed E-state index contributed by atoms with van der Waals surface area (Å²) in [7, 11) is 1.91. The molecule has 0 aromatic carbocycles. The molecule has 1 saturated heterocycles. The Bertz CT molecular complexity index is 455. The highest BCUT2D eigenvalue weighted by atomic mass is 16.4. The van der Waals surface area contributed by atoms with E-state index in [9.17, 15) is 9.90 Å². The summed E-state index contributed by atoms with van der Waals surface area (Å²) in [4.78, 5) is 13.6. The predicted molar refractivity (Wildman–Crippen MR) is 68.2 cm³/mol. The van der Waals surface area contributed by atoms with E-state index in [1.807, 2.05) is 31.8 Å². The van der Waals surface area contributed by atoms with Crippen LogP contribution in [0.1, 0.15) is 37.4 Å². The zero-order valence-electron chi connectivity index (χ0n) is 11.3. The third kappa shape index (κ3) is 2.14. The van der Waals surface area contributed by atoms with Gasteiger partial charge in [-0.25, -0.2) is 0 Å². The number of likely N-dealkylation sites (tertiary alicyclic amines) is 1. The third-order valence-corrected chi connectivity index (χ3v) is 4.20. The number of aryl methyl sites for hydroxylation is 1.